The molecule has 0 aliphatic carbocycles. The maximum atomic E-state index is 12.9. The van der Waals surface area contributed by atoms with Crippen LogP contribution >= 0.6 is 11.3 Å². The molecule has 1 aliphatic rings. The normalized spacial score (nSPS) is 19.1. The highest BCUT2D eigenvalue weighted by molar-refractivity contribution is 7.12. The first-order chi connectivity index (χ1) is 9.74. The van der Waals surface area contributed by atoms with E-state index in [1.54, 1.807) is 17.0 Å². The molecule has 3 rings (SSSR count). The Morgan fingerprint density at radius 3 is 2.80 bits per heavy atom. The molecule has 1 saturated heterocycles. The lowest BCUT2D eigenvalue weighted by molar-refractivity contribution is -0.0226. The summed E-state index contributed by atoms with van der Waals surface area (Å²) >= 11 is 1.44. The number of ether oxygens (including phenoxy) is 1. The van der Waals surface area contributed by atoms with Gasteiger partial charge in [-0.15, -0.1) is 11.3 Å². The highest BCUT2D eigenvalue weighted by Crippen LogP contribution is 2.24. The number of hydrogen-bond donors (Lipinski definition) is 0. The molecule has 2 aromatic rings. The van der Waals surface area contributed by atoms with Crippen LogP contribution < -0.4 is 0 Å². The molecule has 0 spiro atoms. The van der Waals surface area contributed by atoms with Gasteiger partial charge in [-0.25, -0.2) is 4.39 Å². The number of rotatable bonds is 2. The summed E-state index contributed by atoms with van der Waals surface area (Å²) in [5.41, 5.74) is 0.898. The molecule has 20 heavy (non-hydrogen) atoms. The zero-order valence-electron chi connectivity index (χ0n) is 10.8. The third-order valence-corrected chi connectivity index (χ3v) is 4.19. The van der Waals surface area contributed by atoms with E-state index in [0.29, 0.717) is 19.7 Å². The first kappa shape index (κ1) is 13.3. The minimum atomic E-state index is -0.268. The standard InChI is InChI=1S/C15H14FNO2S/c16-12-5-3-11(4-6-12)13-10-17(7-8-19-13)15(18)14-2-1-9-20-14/h1-6,9,13H,7-8,10H2. The molecule has 1 amide bonds. The number of nitrogens with zero attached hydrogens (tertiary/aromatic N) is 1. The van der Waals surface area contributed by atoms with E-state index in [0.717, 1.165) is 10.4 Å². The number of benzene rings is 1. The predicted molar refractivity (Wildman–Crippen MR) is 75.3 cm³/mol. The maximum absolute atomic E-state index is 12.9. The molecule has 1 unspecified atom stereocenters. The molecular formula is C15H14FNO2S. The zero-order chi connectivity index (χ0) is 13.9. The molecule has 0 radical (unpaired) electrons. The molecular weight excluding hydrogens is 277 g/mol. The van der Waals surface area contributed by atoms with Crippen molar-refractivity contribution in [2.24, 2.45) is 0 Å². The van der Waals surface area contributed by atoms with Crippen LogP contribution in [-0.2, 0) is 4.74 Å². The highest BCUT2D eigenvalue weighted by atomic mass is 32.1. The Labute approximate surface area is 120 Å². The predicted octanol–water partition coefficient (Wildman–Crippen LogP) is 3.10. The van der Waals surface area contributed by atoms with E-state index < -0.39 is 0 Å². The van der Waals surface area contributed by atoms with Gasteiger partial charge in [-0.3, -0.25) is 4.79 Å². The smallest absolute Gasteiger partial charge is 0.264 e. The van der Waals surface area contributed by atoms with E-state index in [1.807, 2.05) is 17.5 Å². The monoisotopic (exact) mass is 291 g/mol. The average Bonchev–Trinajstić information content (AvgIpc) is 3.01. The Morgan fingerprint density at radius 2 is 2.10 bits per heavy atom. The Balaban J connectivity index is 1.73. The van der Waals surface area contributed by atoms with E-state index in [4.69, 9.17) is 4.74 Å². The summed E-state index contributed by atoms with van der Waals surface area (Å²) < 4.78 is 18.6. The van der Waals surface area contributed by atoms with Crippen molar-refractivity contribution in [3.63, 3.8) is 0 Å². The topological polar surface area (TPSA) is 29.5 Å². The lowest BCUT2D eigenvalue weighted by atomic mass is 10.1. The van der Waals surface area contributed by atoms with E-state index in [-0.39, 0.29) is 17.8 Å². The van der Waals surface area contributed by atoms with Crippen molar-refractivity contribution in [2.75, 3.05) is 19.7 Å². The van der Waals surface area contributed by atoms with Crippen LogP contribution in [0.5, 0.6) is 0 Å². The minimum Gasteiger partial charge on any atom is -0.370 e. The second-order valence-electron chi connectivity index (χ2n) is 4.64. The van der Waals surface area contributed by atoms with Crippen LogP contribution in [-0.4, -0.2) is 30.5 Å². The van der Waals surface area contributed by atoms with Crippen LogP contribution in [0.4, 0.5) is 4.39 Å². The molecule has 1 fully saturated rings. The van der Waals surface area contributed by atoms with Crippen LogP contribution in [0, 0.1) is 5.82 Å². The van der Waals surface area contributed by atoms with Crippen molar-refractivity contribution in [3.05, 3.63) is 58.0 Å². The van der Waals surface area contributed by atoms with Crippen molar-refractivity contribution < 1.29 is 13.9 Å². The number of halogens is 1. The quantitative estimate of drug-likeness (QED) is 0.851. The van der Waals surface area contributed by atoms with E-state index in [9.17, 15) is 9.18 Å². The van der Waals surface area contributed by atoms with E-state index in [1.165, 1.54) is 23.5 Å². The molecule has 1 aromatic carbocycles. The average molecular weight is 291 g/mol. The molecule has 104 valence electrons. The van der Waals surface area contributed by atoms with Gasteiger partial charge in [0.05, 0.1) is 18.0 Å². The number of amides is 1. The summed E-state index contributed by atoms with van der Waals surface area (Å²) in [5, 5.41) is 1.89. The molecule has 0 saturated carbocycles. The Morgan fingerprint density at radius 1 is 1.30 bits per heavy atom. The number of morpholine rings is 1. The van der Waals surface area contributed by atoms with Gasteiger partial charge in [-0.05, 0) is 29.1 Å². The van der Waals surface area contributed by atoms with Gasteiger partial charge in [0.1, 0.15) is 11.9 Å². The first-order valence-electron chi connectivity index (χ1n) is 6.44. The third kappa shape index (κ3) is 2.73. The van der Waals surface area contributed by atoms with Crippen molar-refractivity contribution in [3.8, 4) is 0 Å². The number of carbonyl (C=O) groups excluding carboxylic acids is 1. The van der Waals surface area contributed by atoms with Gasteiger partial charge in [0, 0.05) is 6.54 Å². The molecule has 1 aromatic heterocycles. The Kier molecular flexibility index (Phi) is 3.80. The minimum absolute atomic E-state index is 0.0374. The second-order valence-corrected chi connectivity index (χ2v) is 5.59. The summed E-state index contributed by atoms with van der Waals surface area (Å²) in [6, 6.07) is 9.95. The van der Waals surface area contributed by atoms with Gasteiger partial charge in [-0.2, -0.15) is 0 Å². The molecule has 5 heteroatoms. The lowest BCUT2D eigenvalue weighted by Crippen LogP contribution is -2.42. The molecule has 1 aliphatic heterocycles. The van der Waals surface area contributed by atoms with Crippen LogP contribution in [0.1, 0.15) is 21.3 Å². The van der Waals surface area contributed by atoms with E-state index in [2.05, 4.69) is 0 Å². The largest absolute Gasteiger partial charge is 0.370 e. The van der Waals surface area contributed by atoms with Gasteiger partial charge >= 0.3 is 0 Å². The van der Waals surface area contributed by atoms with Gasteiger partial charge in [-0.1, -0.05) is 18.2 Å². The second kappa shape index (κ2) is 5.73. The fraction of sp³-hybridized carbons (Fsp3) is 0.267. The molecule has 2 heterocycles. The van der Waals surface area contributed by atoms with Crippen molar-refractivity contribution in [1.29, 1.82) is 0 Å². The highest BCUT2D eigenvalue weighted by Gasteiger charge is 2.26. The SMILES string of the molecule is O=C(c1cccs1)N1CCOC(c2ccc(F)cc2)C1. The van der Waals surface area contributed by atoms with Crippen LogP contribution in [0.2, 0.25) is 0 Å². The summed E-state index contributed by atoms with van der Waals surface area (Å²) in [6.45, 7) is 1.59. The summed E-state index contributed by atoms with van der Waals surface area (Å²) in [7, 11) is 0. The van der Waals surface area contributed by atoms with Gasteiger partial charge in [0.2, 0.25) is 0 Å². The summed E-state index contributed by atoms with van der Waals surface area (Å²) in [4.78, 5) is 14.8. The molecule has 3 nitrogen and oxygen atoms in total. The Bertz CT molecular complexity index is 582. The van der Waals surface area contributed by atoms with Gasteiger partial charge < -0.3 is 9.64 Å². The molecule has 1 atom stereocenters. The maximum Gasteiger partial charge on any atom is 0.264 e. The number of thiophene rings is 1. The third-order valence-electron chi connectivity index (χ3n) is 3.33. The van der Waals surface area contributed by atoms with Crippen molar-refractivity contribution in [2.45, 2.75) is 6.10 Å². The number of carbonyl (C=O) groups is 1. The van der Waals surface area contributed by atoms with Gasteiger partial charge in [0.15, 0.2) is 0 Å². The summed E-state index contributed by atoms with van der Waals surface area (Å²) in [5.74, 6) is -0.230. The molecule has 0 bridgehead atoms. The lowest BCUT2D eigenvalue weighted by Gasteiger charge is -2.33. The number of hydrogen-bond acceptors (Lipinski definition) is 3. The zero-order valence-corrected chi connectivity index (χ0v) is 11.6. The van der Waals surface area contributed by atoms with Crippen molar-refractivity contribution in [1.82, 2.24) is 4.90 Å². The van der Waals surface area contributed by atoms with Crippen molar-refractivity contribution >= 4 is 17.2 Å². The van der Waals surface area contributed by atoms with E-state index >= 15 is 0 Å². The fourth-order valence-electron chi connectivity index (χ4n) is 2.27. The van der Waals surface area contributed by atoms with Crippen LogP contribution in [0.3, 0.4) is 0 Å². The first-order valence-corrected chi connectivity index (χ1v) is 7.32. The van der Waals surface area contributed by atoms with Crippen LogP contribution in [0.15, 0.2) is 41.8 Å². The van der Waals surface area contributed by atoms with Crippen LogP contribution in [0.25, 0.3) is 0 Å². The fourth-order valence-corrected chi connectivity index (χ4v) is 2.96. The molecule has 0 N–H and O–H groups in total. The van der Waals surface area contributed by atoms with Gasteiger partial charge in [0.25, 0.3) is 5.91 Å². The Hall–Kier alpha value is -1.72. The summed E-state index contributed by atoms with van der Waals surface area (Å²) in [6.07, 6.45) is -0.187.